The zero-order valence-corrected chi connectivity index (χ0v) is 12.4. The number of hydrogen-bond acceptors (Lipinski definition) is 3. The maximum Gasteiger partial charge on any atom is 0.256 e. The van der Waals surface area contributed by atoms with Crippen molar-refractivity contribution in [1.29, 1.82) is 0 Å². The predicted octanol–water partition coefficient (Wildman–Crippen LogP) is 2.95. The third-order valence-electron chi connectivity index (χ3n) is 3.29. The number of rotatable bonds is 6. The van der Waals surface area contributed by atoms with E-state index in [1.54, 1.807) is 12.3 Å². The molecule has 0 atom stereocenters. The molecule has 1 rings (SSSR count). The first-order valence-corrected chi connectivity index (χ1v) is 7.01. The summed E-state index contributed by atoms with van der Waals surface area (Å²) in [6, 6.07) is 1.97. The maximum atomic E-state index is 12.7. The normalized spacial score (nSPS) is 11.1. The molecule has 4 nitrogen and oxygen atoms in total. The van der Waals surface area contributed by atoms with E-state index in [4.69, 9.17) is 5.73 Å². The number of nitrogens with two attached hydrogens (primary N) is 1. The number of aromatic nitrogens is 1. The second kappa shape index (κ2) is 7.12. The van der Waals surface area contributed by atoms with Crippen LogP contribution in [0.15, 0.2) is 18.5 Å². The van der Waals surface area contributed by atoms with Gasteiger partial charge in [0, 0.05) is 18.8 Å². The quantitative estimate of drug-likeness (QED) is 0.858. The molecule has 4 heteroatoms. The van der Waals surface area contributed by atoms with Crippen molar-refractivity contribution in [3.8, 4) is 0 Å². The molecule has 19 heavy (non-hydrogen) atoms. The van der Waals surface area contributed by atoms with Gasteiger partial charge < -0.3 is 10.6 Å². The SMILES string of the molecule is CCC(CC)N(CC(C)C)C(=O)c1ccncc1N. The highest BCUT2D eigenvalue weighted by molar-refractivity contribution is 5.99. The smallest absolute Gasteiger partial charge is 0.256 e. The number of nitrogen functional groups attached to an aromatic ring is 1. The molecule has 0 aliphatic carbocycles. The van der Waals surface area contributed by atoms with E-state index in [0.29, 0.717) is 17.2 Å². The van der Waals surface area contributed by atoms with Crippen molar-refractivity contribution in [1.82, 2.24) is 9.88 Å². The summed E-state index contributed by atoms with van der Waals surface area (Å²) in [5.74, 6) is 0.454. The molecule has 1 amide bonds. The van der Waals surface area contributed by atoms with Crippen LogP contribution in [0.3, 0.4) is 0 Å². The first-order valence-electron chi connectivity index (χ1n) is 7.01. The van der Waals surface area contributed by atoms with Gasteiger partial charge in [-0.2, -0.15) is 0 Å². The molecule has 1 heterocycles. The number of nitrogens with zero attached hydrogens (tertiary/aromatic N) is 2. The van der Waals surface area contributed by atoms with Crippen molar-refractivity contribution in [2.24, 2.45) is 5.92 Å². The lowest BCUT2D eigenvalue weighted by molar-refractivity contribution is 0.0641. The monoisotopic (exact) mass is 263 g/mol. The summed E-state index contributed by atoms with van der Waals surface area (Å²) in [4.78, 5) is 18.6. The average molecular weight is 263 g/mol. The molecular weight excluding hydrogens is 238 g/mol. The molecule has 0 bridgehead atoms. The van der Waals surface area contributed by atoms with E-state index in [1.165, 1.54) is 6.20 Å². The minimum Gasteiger partial charge on any atom is -0.397 e. The van der Waals surface area contributed by atoms with E-state index in [1.807, 2.05) is 4.90 Å². The third-order valence-corrected chi connectivity index (χ3v) is 3.29. The Kier molecular flexibility index (Phi) is 5.80. The maximum absolute atomic E-state index is 12.7. The minimum absolute atomic E-state index is 0.0160. The Morgan fingerprint density at radius 2 is 2.00 bits per heavy atom. The zero-order chi connectivity index (χ0) is 14.4. The number of pyridine rings is 1. The topological polar surface area (TPSA) is 59.2 Å². The molecule has 1 aromatic heterocycles. The van der Waals surface area contributed by atoms with E-state index in [0.717, 1.165) is 19.4 Å². The summed E-state index contributed by atoms with van der Waals surface area (Å²) in [5, 5.41) is 0. The van der Waals surface area contributed by atoms with Crippen LogP contribution in [0.5, 0.6) is 0 Å². The van der Waals surface area contributed by atoms with Crippen molar-refractivity contribution < 1.29 is 4.79 Å². The summed E-state index contributed by atoms with van der Waals surface area (Å²) in [7, 11) is 0. The molecular formula is C15H25N3O. The molecule has 0 aliphatic heterocycles. The van der Waals surface area contributed by atoms with E-state index in [-0.39, 0.29) is 11.9 Å². The second-order valence-corrected chi connectivity index (χ2v) is 5.28. The number of carbonyl (C=O) groups excluding carboxylic acids is 1. The fourth-order valence-electron chi connectivity index (χ4n) is 2.28. The standard InChI is InChI=1S/C15H25N3O/c1-5-12(6-2)18(10-11(3)4)15(19)13-7-8-17-9-14(13)16/h7-9,11-12H,5-6,10,16H2,1-4H3. The first kappa shape index (κ1) is 15.5. The molecule has 0 radical (unpaired) electrons. The largest absolute Gasteiger partial charge is 0.397 e. The predicted molar refractivity (Wildman–Crippen MR) is 78.9 cm³/mol. The fraction of sp³-hybridized carbons (Fsp3) is 0.600. The van der Waals surface area contributed by atoms with Gasteiger partial charge in [-0.3, -0.25) is 9.78 Å². The Balaban J connectivity index is 3.03. The number of anilines is 1. The molecule has 106 valence electrons. The van der Waals surface area contributed by atoms with Gasteiger partial charge in [-0.05, 0) is 24.8 Å². The summed E-state index contributed by atoms with van der Waals surface area (Å²) < 4.78 is 0. The van der Waals surface area contributed by atoms with Gasteiger partial charge in [-0.25, -0.2) is 0 Å². The molecule has 0 fully saturated rings. The van der Waals surface area contributed by atoms with Crippen molar-refractivity contribution in [3.63, 3.8) is 0 Å². The fourth-order valence-corrected chi connectivity index (χ4v) is 2.28. The summed E-state index contributed by atoms with van der Waals surface area (Å²) in [6.07, 6.45) is 5.07. The van der Waals surface area contributed by atoms with Crippen LogP contribution in [0.25, 0.3) is 0 Å². The van der Waals surface area contributed by atoms with Crippen LogP contribution in [0.4, 0.5) is 5.69 Å². The van der Waals surface area contributed by atoms with Gasteiger partial charge in [0.15, 0.2) is 0 Å². The van der Waals surface area contributed by atoms with E-state index < -0.39 is 0 Å². The lowest BCUT2D eigenvalue weighted by Gasteiger charge is -2.32. The van der Waals surface area contributed by atoms with Gasteiger partial charge in [0.25, 0.3) is 5.91 Å². The Morgan fingerprint density at radius 1 is 1.37 bits per heavy atom. The molecule has 1 aromatic rings. The molecule has 0 aliphatic rings. The van der Waals surface area contributed by atoms with Crippen LogP contribution in [0, 0.1) is 5.92 Å². The van der Waals surface area contributed by atoms with E-state index in [2.05, 4.69) is 32.7 Å². The van der Waals surface area contributed by atoms with Gasteiger partial charge in [0.05, 0.1) is 17.4 Å². The Labute approximate surface area is 116 Å². The summed E-state index contributed by atoms with van der Waals surface area (Å²) >= 11 is 0. The second-order valence-electron chi connectivity index (χ2n) is 5.28. The van der Waals surface area contributed by atoms with Crippen LogP contribution in [-0.4, -0.2) is 28.4 Å². The molecule has 0 saturated carbocycles. The van der Waals surface area contributed by atoms with Gasteiger partial charge in [0.2, 0.25) is 0 Å². The van der Waals surface area contributed by atoms with Crippen molar-refractivity contribution >= 4 is 11.6 Å². The third kappa shape index (κ3) is 3.94. The van der Waals surface area contributed by atoms with Crippen LogP contribution in [-0.2, 0) is 0 Å². The number of carbonyl (C=O) groups is 1. The molecule has 0 aromatic carbocycles. The summed E-state index contributed by atoms with van der Waals surface area (Å²) in [5.41, 5.74) is 6.87. The minimum atomic E-state index is 0.0160. The zero-order valence-electron chi connectivity index (χ0n) is 12.4. The van der Waals surface area contributed by atoms with Crippen LogP contribution < -0.4 is 5.73 Å². The van der Waals surface area contributed by atoms with Gasteiger partial charge in [-0.1, -0.05) is 27.7 Å². The van der Waals surface area contributed by atoms with Crippen molar-refractivity contribution in [2.75, 3.05) is 12.3 Å². The Bertz CT molecular complexity index is 414. The van der Waals surface area contributed by atoms with Crippen molar-refractivity contribution in [3.05, 3.63) is 24.0 Å². The highest BCUT2D eigenvalue weighted by Crippen LogP contribution is 2.18. The van der Waals surface area contributed by atoms with E-state index in [9.17, 15) is 4.79 Å². The molecule has 2 N–H and O–H groups in total. The molecule has 0 saturated heterocycles. The molecule has 0 unspecified atom stereocenters. The van der Waals surface area contributed by atoms with Crippen LogP contribution in [0.1, 0.15) is 50.9 Å². The highest BCUT2D eigenvalue weighted by Gasteiger charge is 2.24. The van der Waals surface area contributed by atoms with Crippen LogP contribution >= 0.6 is 0 Å². The van der Waals surface area contributed by atoms with Crippen molar-refractivity contribution in [2.45, 2.75) is 46.6 Å². The highest BCUT2D eigenvalue weighted by atomic mass is 16.2. The molecule has 0 spiro atoms. The lowest BCUT2D eigenvalue weighted by atomic mass is 10.1. The first-order chi connectivity index (χ1) is 9.01. The Morgan fingerprint density at radius 3 is 2.47 bits per heavy atom. The van der Waals surface area contributed by atoms with Gasteiger partial charge in [0.1, 0.15) is 0 Å². The summed E-state index contributed by atoms with van der Waals surface area (Å²) in [6.45, 7) is 9.24. The Hall–Kier alpha value is -1.58. The van der Waals surface area contributed by atoms with Gasteiger partial charge in [-0.15, -0.1) is 0 Å². The lowest BCUT2D eigenvalue weighted by Crippen LogP contribution is -2.42. The average Bonchev–Trinajstić information content (AvgIpc) is 2.38. The number of amides is 1. The van der Waals surface area contributed by atoms with Gasteiger partial charge >= 0.3 is 0 Å². The number of hydrogen-bond donors (Lipinski definition) is 1. The van der Waals surface area contributed by atoms with E-state index >= 15 is 0 Å². The van der Waals surface area contributed by atoms with Crippen LogP contribution in [0.2, 0.25) is 0 Å².